The van der Waals surface area contributed by atoms with Crippen LogP contribution in [0.25, 0.3) is 0 Å². The molecule has 0 unspecified atom stereocenters. The molecule has 0 saturated heterocycles. The van der Waals surface area contributed by atoms with Crippen molar-refractivity contribution in [3.8, 4) is 11.8 Å². The molecule has 1 rings (SSSR count). The summed E-state index contributed by atoms with van der Waals surface area (Å²) in [5.41, 5.74) is 0.174. The highest BCUT2D eigenvalue weighted by atomic mass is 16.6. The largest absolute Gasteiger partial charge is 0.319 e. The molecule has 1 N–H and O–H groups in total. The van der Waals surface area contributed by atoms with Gasteiger partial charge in [-0.15, -0.1) is 0 Å². The smallest absolute Gasteiger partial charge is 0.303 e. The summed E-state index contributed by atoms with van der Waals surface area (Å²) in [4.78, 5) is 14.0. The second kappa shape index (κ2) is 5.73. The second-order valence-corrected chi connectivity index (χ2v) is 2.78. The molecule has 0 aliphatic carbocycles. The van der Waals surface area contributed by atoms with Crippen molar-refractivity contribution in [2.45, 2.75) is 6.42 Å². The Hall–Kier alpha value is -1.93. The van der Waals surface area contributed by atoms with Gasteiger partial charge in [-0.25, -0.2) is 4.98 Å². The summed E-state index contributed by atoms with van der Waals surface area (Å²) in [5, 5.41) is 13.5. The average Bonchev–Trinajstić information content (AvgIpc) is 2.25. The molecule has 5 nitrogen and oxygen atoms in total. The molecule has 0 amide bonds. The number of nitro groups is 1. The molecule has 0 fully saturated rings. The van der Waals surface area contributed by atoms with E-state index in [0.29, 0.717) is 6.42 Å². The summed E-state index contributed by atoms with van der Waals surface area (Å²) < 4.78 is 0. The SMILES string of the molecule is CNCCC#Cc1ncccc1[N+](=O)[O-]. The molecule has 0 aromatic carbocycles. The van der Waals surface area contributed by atoms with Crippen LogP contribution in [-0.2, 0) is 0 Å². The molecular formula is C10H11N3O2. The molecule has 0 aliphatic heterocycles. The van der Waals surface area contributed by atoms with Crippen LogP contribution in [0.4, 0.5) is 5.69 Å². The number of hydrogen-bond acceptors (Lipinski definition) is 4. The van der Waals surface area contributed by atoms with Gasteiger partial charge in [-0.05, 0) is 19.0 Å². The van der Waals surface area contributed by atoms with Crippen molar-refractivity contribution >= 4 is 5.69 Å². The molecule has 78 valence electrons. The van der Waals surface area contributed by atoms with Crippen molar-refractivity contribution in [3.63, 3.8) is 0 Å². The van der Waals surface area contributed by atoms with E-state index in [1.54, 1.807) is 0 Å². The maximum absolute atomic E-state index is 10.6. The standard InChI is InChI=1S/C10H11N3O2/c1-11-7-3-2-5-9-10(13(14)15)6-4-8-12-9/h4,6,8,11H,3,7H2,1H3. The fourth-order valence-corrected chi connectivity index (χ4v) is 0.974. The molecule has 1 aromatic heterocycles. The van der Waals surface area contributed by atoms with Crippen molar-refractivity contribution in [3.05, 3.63) is 34.1 Å². The zero-order chi connectivity index (χ0) is 11.1. The summed E-state index contributed by atoms with van der Waals surface area (Å²) in [5.74, 6) is 5.51. The number of hydrogen-bond donors (Lipinski definition) is 1. The maximum atomic E-state index is 10.6. The highest BCUT2D eigenvalue weighted by Gasteiger charge is 2.10. The van der Waals surface area contributed by atoms with E-state index in [9.17, 15) is 10.1 Å². The molecule has 0 bridgehead atoms. The molecule has 1 aromatic rings. The first-order valence-electron chi connectivity index (χ1n) is 4.48. The third-order valence-electron chi connectivity index (χ3n) is 1.69. The molecule has 0 saturated carbocycles. The molecule has 0 atom stereocenters. The predicted octanol–water partition coefficient (Wildman–Crippen LogP) is 0.951. The normalized spacial score (nSPS) is 9.13. The van der Waals surface area contributed by atoms with Gasteiger partial charge >= 0.3 is 5.69 Å². The molecular weight excluding hydrogens is 194 g/mol. The Labute approximate surface area is 87.7 Å². The zero-order valence-corrected chi connectivity index (χ0v) is 8.36. The lowest BCUT2D eigenvalue weighted by Crippen LogP contribution is -2.06. The van der Waals surface area contributed by atoms with Gasteiger partial charge in [-0.2, -0.15) is 0 Å². The zero-order valence-electron chi connectivity index (χ0n) is 8.36. The minimum Gasteiger partial charge on any atom is -0.319 e. The molecule has 0 aliphatic rings. The Kier molecular flexibility index (Phi) is 4.26. The van der Waals surface area contributed by atoms with Gasteiger partial charge in [0, 0.05) is 25.2 Å². The molecule has 0 spiro atoms. The third kappa shape index (κ3) is 3.37. The molecule has 5 heteroatoms. The third-order valence-corrected chi connectivity index (χ3v) is 1.69. The molecule has 15 heavy (non-hydrogen) atoms. The Morgan fingerprint density at radius 1 is 1.67 bits per heavy atom. The first-order valence-corrected chi connectivity index (χ1v) is 4.48. The Morgan fingerprint density at radius 3 is 3.13 bits per heavy atom. The van der Waals surface area contributed by atoms with Crippen LogP contribution in [0.3, 0.4) is 0 Å². The number of pyridine rings is 1. The average molecular weight is 205 g/mol. The maximum Gasteiger partial charge on any atom is 0.303 e. The monoisotopic (exact) mass is 205 g/mol. The number of nitrogens with zero attached hydrogens (tertiary/aromatic N) is 2. The van der Waals surface area contributed by atoms with Crippen LogP contribution in [0.5, 0.6) is 0 Å². The van der Waals surface area contributed by atoms with Crippen LogP contribution in [0.1, 0.15) is 12.1 Å². The van der Waals surface area contributed by atoms with Crippen LogP contribution in [0, 0.1) is 22.0 Å². The van der Waals surface area contributed by atoms with Crippen molar-refractivity contribution in [1.29, 1.82) is 0 Å². The lowest BCUT2D eigenvalue weighted by molar-refractivity contribution is -0.385. The van der Waals surface area contributed by atoms with E-state index in [-0.39, 0.29) is 11.4 Å². The first-order chi connectivity index (χ1) is 7.25. The molecule has 0 radical (unpaired) electrons. The van der Waals surface area contributed by atoms with Crippen molar-refractivity contribution in [2.24, 2.45) is 0 Å². The first kappa shape index (κ1) is 11.1. The van der Waals surface area contributed by atoms with Gasteiger partial charge in [0.1, 0.15) is 0 Å². The summed E-state index contributed by atoms with van der Waals surface area (Å²) in [7, 11) is 1.82. The van der Waals surface area contributed by atoms with Gasteiger partial charge < -0.3 is 5.32 Å². The topological polar surface area (TPSA) is 68.1 Å². The van der Waals surface area contributed by atoms with Gasteiger partial charge in [0.25, 0.3) is 0 Å². The molecule has 1 heterocycles. The van der Waals surface area contributed by atoms with Gasteiger partial charge in [-0.3, -0.25) is 10.1 Å². The fraction of sp³-hybridized carbons (Fsp3) is 0.300. The van der Waals surface area contributed by atoms with Crippen LogP contribution in [-0.4, -0.2) is 23.5 Å². The van der Waals surface area contributed by atoms with Crippen molar-refractivity contribution in [1.82, 2.24) is 10.3 Å². The van der Waals surface area contributed by atoms with Crippen LogP contribution < -0.4 is 5.32 Å². The summed E-state index contributed by atoms with van der Waals surface area (Å²) in [6, 6.07) is 2.92. The Bertz CT molecular complexity index is 407. The van der Waals surface area contributed by atoms with E-state index in [0.717, 1.165) is 6.54 Å². The summed E-state index contributed by atoms with van der Waals surface area (Å²) >= 11 is 0. The fourth-order valence-electron chi connectivity index (χ4n) is 0.974. The Morgan fingerprint density at radius 2 is 2.47 bits per heavy atom. The van der Waals surface area contributed by atoms with E-state index in [1.165, 1.54) is 18.3 Å². The summed E-state index contributed by atoms with van der Waals surface area (Å²) in [6.45, 7) is 0.758. The number of aromatic nitrogens is 1. The lowest BCUT2D eigenvalue weighted by Gasteiger charge is -1.92. The number of rotatable bonds is 3. The van der Waals surface area contributed by atoms with Crippen molar-refractivity contribution in [2.75, 3.05) is 13.6 Å². The van der Waals surface area contributed by atoms with Gasteiger partial charge in [-0.1, -0.05) is 5.92 Å². The van der Waals surface area contributed by atoms with Gasteiger partial charge in [0.15, 0.2) is 5.69 Å². The van der Waals surface area contributed by atoms with Crippen LogP contribution in [0.2, 0.25) is 0 Å². The van der Waals surface area contributed by atoms with Crippen molar-refractivity contribution < 1.29 is 4.92 Å². The van der Waals surface area contributed by atoms with E-state index in [2.05, 4.69) is 22.1 Å². The highest BCUT2D eigenvalue weighted by Crippen LogP contribution is 2.13. The van der Waals surface area contributed by atoms with Gasteiger partial charge in [0.2, 0.25) is 0 Å². The predicted molar refractivity (Wildman–Crippen MR) is 56.3 cm³/mol. The van der Waals surface area contributed by atoms with Crippen LogP contribution in [0.15, 0.2) is 18.3 Å². The quantitative estimate of drug-likeness (QED) is 0.345. The minimum absolute atomic E-state index is 0.0468. The van der Waals surface area contributed by atoms with E-state index in [1.807, 2.05) is 7.05 Å². The van der Waals surface area contributed by atoms with E-state index in [4.69, 9.17) is 0 Å². The lowest BCUT2D eigenvalue weighted by atomic mass is 10.3. The number of nitrogens with one attached hydrogen (secondary N) is 1. The van der Waals surface area contributed by atoms with E-state index < -0.39 is 4.92 Å². The second-order valence-electron chi connectivity index (χ2n) is 2.78. The van der Waals surface area contributed by atoms with Crippen LogP contribution >= 0.6 is 0 Å². The van der Waals surface area contributed by atoms with Gasteiger partial charge in [0.05, 0.1) is 4.92 Å². The minimum atomic E-state index is -0.477. The summed E-state index contributed by atoms with van der Waals surface area (Å²) in [6.07, 6.45) is 2.14. The Balaban J connectivity index is 2.83. The highest BCUT2D eigenvalue weighted by molar-refractivity contribution is 5.45. The van der Waals surface area contributed by atoms with E-state index >= 15 is 0 Å².